The van der Waals surface area contributed by atoms with Crippen molar-refractivity contribution >= 4 is 52.5 Å². The van der Waals surface area contributed by atoms with Crippen LogP contribution in [0.25, 0.3) is 0 Å². The minimum absolute atomic E-state index is 0.0188. The number of hydrogen-bond acceptors (Lipinski definition) is 5. The number of carbonyl (C=O) groups is 4. The molecule has 0 atom stereocenters. The summed E-state index contributed by atoms with van der Waals surface area (Å²) in [4.78, 5) is 49.9. The molecule has 0 aliphatic heterocycles. The number of aromatic carboxylic acids is 1. The zero-order valence-electron chi connectivity index (χ0n) is 17.9. The molecule has 2 rings (SSSR count). The quantitative estimate of drug-likeness (QED) is 0.311. The topological polar surface area (TPSA) is 101 Å². The van der Waals surface area contributed by atoms with Crippen LogP contribution in [0.2, 0.25) is 10.0 Å². The minimum Gasteiger partial charge on any atom is -0.478 e. The molecule has 0 unspecified atom stereocenters. The van der Waals surface area contributed by atoms with Gasteiger partial charge in [-0.1, -0.05) is 36.2 Å². The molecule has 7 nitrogen and oxygen atoms in total. The Labute approximate surface area is 195 Å². The Morgan fingerprint density at radius 3 is 2.16 bits per heavy atom. The monoisotopic (exact) mass is 479 g/mol. The summed E-state index contributed by atoms with van der Waals surface area (Å²) < 4.78 is 5.17. The lowest BCUT2D eigenvalue weighted by Gasteiger charge is -2.24. The van der Waals surface area contributed by atoms with E-state index in [4.69, 9.17) is 33.0 Å². The van der Waals surface area contributed by atoms with Gasteiger partial charge in [0.05, 0.1) is 28.6 Å². The first-order chi connectivity index (χ1) is 14.9. The van der Waals surface area contributed by atoms with Gasteiger partial charge in [0.15, 0.2) is 0 Å². The molecular formula is C23H23Cl2NO6. The zero-order chi connectivity index (χ0) is 24.1. The Balaban J connectivity index is 2.29. The summed E-state index contributed by atoms with van der Waals surface area (Å²) in [5.41, 5.74) is 0.179. The predicted molar refractivity (Wildman–Crippen MR) is 121 cm³/mol. The molecule has 0 fully saturated rings. The predicted octanol–water partition coefficient (Wildman–Crippen LogP) is 4.92. The highest BCUT2D eigenvalue weighted by Gasteiger charge is 2.29. The summed E-state index contributed by atoms with van der Waals surface area (Å²) in [6.45, 7) is 5.16. The molecule has 2 aromatic carbocycles. The van der Waals surface area contributed by atoms with Crippen molar-refractivity contribution in [3.63, 3.8) is 0 Å². The van der Waals surface area contributed by atoms with Crippen molar-refractivity contribution in [2.75, 3.05) is 4.90 Å². The number of rotatable bonds is 9. The third-order valence-electron chi connectivity index (χ3n) is 4.81. The fourth-order valence-electron chi connectivity index (χ4n) is 2.61. The number of Topliss-reactive ketones (excluding diaryl/α,β-unsaturated/α-hetero) is 1. The summed E-state index contributed by atoms with van der Waals surface area (Å²) in [7, 11) is 0. The molecular weight excluding hydrogens is 457 g/mol. The van der Waals surface area contributed by atoms with Gasteiger partial charge in [-0.2, -0.15) is 0 Å². The number of ketones is 1. The van der Waals surface area contributed by atoms with E-state index in [2.05, 4.69) is 0 Å². The van der Waals surface area contributed by atoms with Gasteiger partial charge in [-0.25, -0.2) is 9.59 Å². The fourth-order valence-corrected chi connectivity index (χ4v) is 2.93. The van der Waals surface area contributed by atoms with Crippen LogP contribution in [0.5, 0.6) is 0 Å². The number of carboxylic acids is 1. The maximum atomic E-state index is 13.0. The van der Waals surface area contributed by atoms with E-state index in [9.17, 15) is 19.2 Å². The highest BCUT2D eigenvalue weighted by atomic mass is 35.5. The lowest BCUT2D eigenvalue weighted by atomic mass is 10.1. The minimum atomic E-state index is -1.12. The van der Waals surface area contributed by atoms with Gasteiger partial charge in [-0.05, 0) is 62.2 Å². The van der Waals surface area contributed by atoms with Crippen LogP contribution >= 0.6 is 23.2 Å². The van der Waals surface area contributed by atoms with Gasteiger partial charge in [0, 0.05) is 5.69 Å². The van der Waals surface area contributed by atoms with E-state index >= 15 is 0 Å². The molecule has 2 aromatic rings. The van der Waals surface area contributed by atoms with Crippen molar-refractivity contribution in [1.29, 1.82) is 0 Å². The first kappa shape index (κ1) is 25.4. The van der Waals surface area contributed by atoms with E-state index in [1.165, 1.54) is 29.2 Å². The summed E-state index contributed by atoms with van der Waals surface area (Å²) >= 11 is 12.0. The van der Waals surface area contributed by atoms with Crippen molar-refractivity contribution in [1.82, 2.24) is 0 Å². The van der Waals surface area contributed by atoms with Crippen LogP contribution in [-0.2, 0) is 25.7 Å². The number of carbonyl (C=O) groups excluding carboxylic acids is 3. The SMILES string of the molecule is CCC(C)(C)OC(=O)C(=O)CC(=O)N(Cc1ccc(Cl)c(Cl)c1)c1ccc(C(=O)O)cc1. The molecule has 1 amide bonds. The average molecular weight is 480 g/mol. The van der Waals surface area contributed by atoms with E-state index in [0.717, 1.165) is 0 Å². The van der Waals surface area contributed by atoms with E-state index in [1.54, 1.807) is 32.0 Å². The third kappa shape index (κ3) is 6.80. The standard InChI is InChI=1S/C23H23Cl2NO6/c1-4-23(2,3)32-22(31)19(27)12-20(28)26(13-14-5-10-17(24)18(25)11-14)16-8-6-15(7-9-16)21(29)30/h5-11H,4,12-13H2,1-3H3,(H,29,30). The molecule has 0 aromatic heterocycles. The van der Waals surface area contributed by atoms with Crippen LogP contribution in [0.15, 0.2) is 42.5 Å². The molecule has 170 valence electrons. The van der Waals surface area contributed by atoms with Gasteiger partial charge in [0.1, 0.15) is 5.60 Å². The lowest BCUT2D eigenvalue weighted by molar-refractivity contribution is -0.164. The molecule has 0 spiro atoms. The molecule has 0 saturated heterocycles. The van der Waals surface area contributed by atoms with Gasteiger partial charge in [-0.15, -0.1) is 0 Å². The largest absolute Gasteiger partial charge is 0.478 e. The first-order valence-corrected chi connectivity index (χ1v) is 10.5. The van der Waals surface area contributed by atoms with Crippen molar-refractivity contribution in [3.05, 3.63) is 63.6 Å². The van der Waals surface area contributed by atoms with Crippen LogP contribution < -0.4 is 4.90 Å². The molecule has 0 saturated carbocycles. The number of halogens is 2. The number of ether oxygens (including phenoxy) is 1. The fraction of sp³-hybridized carbons (Fsp3) is 0.304. The number of nitrogens with zero attached hydrogens (tertiary/aromatic N) is 1. The van der Waals surface area contributed by atoms with E-state index < -0.39 is 35.7 Å². The lowest BCUT2D eigenvalue weighted by Crippen LogP contribution is -2.36. The third-order valence-corrected chi connectivity index (χ3v) is 5.55. The second-order valence-electron chi connectivity index (χ2n) is 7.68. The second-order valence-corrected chi connectivity index (χ2v) is 8.50. The van der Waals surface area contributed by atoms with Crippen molar-refractivity contribution < 1.29 is 29.0 Å². The van der Waals surface area contributed by atoms with Crippen LogP contribution in [0.4, 0.5) is 5.69 Å². The number of esters is 1. The first-order valence-electron chi connectivity index (χ1n) is 9.77. The molecule has 1 N–H and O–H groups in total. The molecule has 0 heterocycles. The smallest absolute Gasteiger partial charge is 0.375 e. The van der Waals surface area contributed by atoms with Gasteiger partial charge in [0.2, 0.25) is 11.7 Å². The normalized spacial score (nSPS) is 11.0. The molecule has 32 heavy (non-hydrogen) atoms. The van der Waals surface area contributed by atoms with E-state index in [-0.39, 0.29) is 12.1 Å². The van der Waals surface area contributed by atoms with E-state index in [1.807, 2.05) is 6.92 Å². The van der Waals surface area contributed by atoms with Gasteiger partial charge in [0.25, 0.3) is 0 Å². The van der Waals surface area contributed by atoms with Crippen LogP contribution in [0, 0.1) is 0 Å². The van der Waals surface area contributed by atoms with Crippen molar-refractivity contribution in [3.8, 4) is 0 Å². The van der Waals surface area contributed by atoms with Crippen LogP contribution in [0.3, 0.4) is 0 Å². The second kappa shape index (κ2) is 10.6. The highest BCUT2D eigenvalue weighted by molar-refractivity contribution is 6.42. The Bertz CT molecular complexity index is 1030. The molecule has 9 heteroatoms. The van der Waals surface area contributed by atoms with Gasteiger partial charge >= 0.3 is 11.9 Å². The molecule has 0 aliphatic carbocycles. The van der Waals surface area contributed by atoms with Crippen LogP contribution in [0.1, 0.15) is 49.5 Å². The number of anilines is 1. The summed E-state index contributed by atoms with van der Waals surface area (Å²) in [6, 6.07) is 10.4. The zero-order valence-corrected chi connectivity index (χ0v) is 19.4. The number of carboxylic acid groups (broad SMARTS) is 1. The van der Waals surface area contributed by atoms with Gasteiger partial charge in [-0.3, -0.25) is 9.59 Å². The maximum absolute atomic E-state index is 13.0. The van der Waals surface area contributed by atoms with Crippen molar-refractivity contribution in [2.45, 2.75) is 45.8 Å². The number of amides is 1. The molecule has 0 radical (unpaired) electrons. The Morgan fingerprint density at radius 2 is 1.62 bits per heavy atom. The number of hydrogen-bond donors (Lipinski definition) is 1. The Kier molecular flexibility index (Phi) is 8.41. The van der Waals surface area contributed by atoms with Crippen molar-refractivity contribution in [2.24, 2.45) is 0 Å². The average Bonchev–Trinajstić information content (AvgIpc) is 2.74. The summed E-state index contributed by atoms with van der Waals surface area (Å²) in [5, 5.41) is 9.74. The highest BCUT2D eigenvalue weighted by Crippen LogP contribution is 2.25. The number of benzene rings is 2. The Morgan fingerprint density at radius 1 is 1.00 bits per heavy atom. The Hall–Kier alpha value is -2.90. The van der Waals surface area contributed by atoms with Crippen LogP contribution in [-0.4, -0.2) is 34.3 Å². The van der Waals surface area contributed by atoms with E-state index in [0.29, 0.717) is 27.7 Å². The maximum Gasteiger partial charge on any atom is 0.375 e. The molecule has 0 aliphatic rings. The van der Waals surface area contributed by atoms with Gasteiger partial charge < -0.3 is 14.7 Å². The summed E-state index contributed by atoms with van der Waals surface area (Å²) in [6.07, 6.45) is -0.208. The summed E-state index contributed by atoms with van der Waals surface area (Å²) in [5.74, 6) is -3.83. The molecule has 0 bridgehead atoms.